The van der Waals surface area contributed by atoms with E-state index in [-0.39, 0.29) is 10.8 Å². The summed E-state index contributed by atoms with van der Waals surface area (Å²) in [6.45, 7) is 9.32. The van der Waals surface area contributed by atoms with Crippen LogP contribution in [0.4, 0.5) is 0 Å². The smallest absolute Gasteiger partial charge is 0.0412 e. The van der Waals surface area contributed by atoms with Gasteiger partial charge in [0.1, 0.15) is 0 Å². The zero-order chi connectivity index (χ0) is 17.6. The first-order valence-electron chi connectivity index (χ1n) is 8.91. The van der Waals surface area contributed by atoms with E-state index >= 15 is 0 Å². The van der Waals surface area contributed by atoms with Crippen LogP contribution in [-0.4, -0.2) is 0 Å². The highest BCUT2D eigenvalue weighted by molar-refractivity contribution is 6.31. The summed E-state index contributed by atoms with van der Waals surface area (Å²) in [5.41, 5.74) is 11.1. The maximum atomic E-state index is 6.33. The minimum Gasteiger partial charge on any atom is -0.0843 e. The molecule has 0 saturated carbocycles. The lowest BCUT2D eigenvalue weighted by molar-refractivity contribution is 0.652. The van der Waals surface area contributed by atoms with Crippen LogP contribution in [0.1, 0.15) is 49.9 Å². The molecule has 0 nitrogen and oxygen atoms in total. The monoisotopic (exact) mass is 344 g/mol. The van der Waals surface area contributed by atoms with Gasteiger partial charge < -0.3 is 0 Å². The van der Waals surface area contributed by atoms with Crippen LogP contribution in [0.3, 0.4) is 0 Å². The minimum absolute atomic E-state index is 0.00591. The zero-order valence-corrected chi connectivity index (χ0v) is 15.8. The van der Waals surface area contributed by atoms with Crippen LogP contribution in [0.5, 0.6) is 0 Å². The van der Waals surface area contributed by atoms with E-state index in [0.717, 1.165) is 5.02 Å². The van der Waals surface area contributed by atoms with Gasteiger partial charge in [-0.3, -0.25) is 0 Å². The molecule has 0 heterocycles. The molecule has 2 aliphatic rings. The second kappa shape index (κ2) is 4.56. The van der Waals surface area contributed by atoms with E-state index in [4.69, 9.17) is 11.6 Å². The summed E-state index contributed by atoms with van der Waals surface area (Å²) in [7, 11) is 0. The van der Waals surface area contributed by atoms with Gasteiger partial charge in [-0.15, -0.1) is 0 Å². The topological polar surface area (TPSA) is 0 Å². The maximum absolute atomic E-state index is 6.33. The Bertz CT molecular complexity index is 1050. The Morgan fingerprint density at radius 3 is 1.76 bits per heavy atom. The molecule has 0 atom stereocenters. The molecule has 3 aromatic carbocycles. The largest absolute Gasteiger partial charge is 0.0843 e. The van der Waals surface area contributed by atoms with Crippen molar-refractivity contribution >= 4 is 11.6 Å². The lowest BCUT2D eigenvalue weighted by Crippen LogP contribution is -2.16. The molecule has 0 aromatic heterocycles. The molecule has 1 heteroatoms. The van der Waals surface area contributed by atoms with Crippen molar-refractivity contribution in [2.45, 2.75) is 38.5 Å². The first kappa shape index (κ1) is 15.2. The first-order chi connectivity index (χ1) is 11.8. The quantitative estimate of drug-likeness (QED) is 0.413. The Morgan fingerprint density at radius 2 is 1.08 bits per heavy atom. The predicted octanol–water partition coefficient (Wildman–Crippen LogP) is 6.95. The van der Waals surface area contributed by atoms with Crippen LogP contribution in [0.25, 0.3) is 22.3 Å². The van der Waals surface area contributed by atoms with E-state index in [9.17, 15) is 0 Å². The van der Waals surface area contributed by atoms with E-state index in [1.807, 2.05) is 6.07 Å². The van der Waals surface area contributed by atoms with Gasteiger partial charge in [-0.2, -0.15) is 0 Å². The molecule has 0 spiro atoms. The molecular weight excluding hydrogens is 324 g/mol. The Kier molecular flexibility index (Phi) is 2.78. The molecule has 3 aromatic rings. The SMILES string of the molecule is CC1(C)c2ccccc2-c2cc3c(cc21)-c1cc(Cl)ccc1C3(C)C. The minimum atomic E-state index is 0.00591. The van der Waals surface area contributed by atoms with Crippen molar-refractivity contribution in [3.63, 3.8) is 0 Å². The third-order valence-electron chi connectivity index (χ3n) is 6.34. The molecule has 5 rings (SSSR count). The van der Waals surface area contributed by atoms with Gasteiger partial charge in [-0.1, -0.05) is 69.6 Å². The fraction of sp³-hybridized carbons (Fsp3) is 0.250. The van der Waals surface area contributed by atoms with E-state index in [0.29, 0.717) is 0 Å². The van der Waals surface area contributed by atoms with Crippen LogP contribution < -0.4 is 0 Å². The summed E-state index contributed by atoms with van der Waals surface area (Å²) >= 11 is 6.33. The normalized spacial score (nSPS) is 17.6. The number of hydrogen-bond acceptors (Lipinski definition) is 0. The van der Waals surface area contributed by atoms with Gasteiger partial charge in [-0.05, 0) is 68.8 Å². The molecule has 0 aliphatic heterocycles. The summed E-state index contributed by atoms with van der Waals surface area (Å²) in [4.78, 5) is 0. The molecule has 0 unspecified atom stereocenters. The standard InChI is InChI=1S/C24H21Cl/c1-23(2)19-8-6-5-7-15(19)17-12-22-18(13-21(17)23)16-11-14(25)9-10-20(16)24(22,3)4/h5-13H,1-4H3. The second-order valence-electron chi connectivity index (χ2n) is 8.43. The molecule has 2 aliphatic carbocycles. The average molecular weight is 345 g/mol. The fourth-order valence-corrected chi connectivity index (χ4v) is 5.09. The van der Waals surface area contributed by atoms with Crippen molar-refractivity contribution in [1.29, 1.82) is 0 Å². The van der Waals surface area contributed by atoms with Crippen LogP contribution >= 0.6 is 11.6 Å². The van der Waals surface area contributed by atoms with Crippen LogP contribution in [-0.2, 0) is 10.8 Å². The van der Waals surface area contributed by atoms with Gasteiger partial charge in [0.05, 0.1) is 0 Å². The summed E-state index contributed by atoms with van der Waals surface area (Å²) < 4.78 is 0. The zero-order valence-electron chi connectivity index (χ0n) is 15.1. The van der Waals surface area contributed by atoms with Crippen LogP contribution in [0, 0.1) is 0 Å². The molecule has 0 saturated heterocycles. The molecule has 124 valence electrons. The summed E-state index contributed by atoms with van der Waals surface area (Å²) in [5.74, 6) is 0. The lowest BCUT2D eigenvalue weighted by atomic mass is 9.79. The Balaban J connectivity index is 1.87. The van der Waals surface area contributed by atoms with Crippen molar-refractivity contribution < 1.29 is 0 Å². The van der Waals surface area contributed by atoms with Gasteiger partial charge in [0.25, 0.3) is 0 Å². The summed E-state index contributed by atoms with van der Waals surface area (Å²) in [6, 6.07) is 20.0. The maximum Gasteiger partial charge on any atom is 0.0412 e. The third-order valence-corrected chi connectivity index (χ3v) is 6.58. The number of hydrogen-bond donors (Lipinski definition) is 0. The third kappa shape index (κ3) is 1.79. The van der Waals surface area contributed by atoms with Crippen molar-refractivity contribution in [3.05, 3.63) is 81.9 Å². The van der Waals surface area contributed by atoms with Crippen molar-refractivity contribution in [2.75, 3.05) is 0 Å². The predicted molar refractivity (Wildman–Crippen MR) is 107 cm³/mol. The van der Waals surface area contributed by atoms with E-state index in [2.05, 4.69) is 76.2 Å². The highest BCUT2D eigenvalue weighted by Gasteiger charge is 2.41. The number of fused-ring (bicyclic) bond motifs is 6. The van der Waals surface area contributed by atoms with Gasteiger partial charge >= 0.3 is 0 Å². The van der Waals surface area contributed by atoms with Crippen molar-refractivity contribution in [3.8, 4) is 22.3 Å². The molecular formula is C24H21Cl. The van der Waals surface area contributed by atoms with Crippen molar-refractivity contribution in [1.82, 2.24) is 0 Å². The summed E-state index contributed by atoms with van der Waals surface area (Å²) in [6.07, 6.45) is 0. The number of halogens is 1. The Morgan fingerprint density at radius 1 is 0.560 bits per heavy atom. The number of benzene rings is 3. The molecule has 0 bridgehead atoms. The van der Waals surface area contributed by atoms with E-state index in [1.54, 1.807) is 0 Å². The number of rotatable bonds is 0. The highest BCUT2D eigenvalue weighted by atomic mass is 35.5. The first-order valence-corrected chi connectivity index (χ1v) is 9.29. The Hall–Kier alpha value is -2.05. The van der Waals surface area contributed by atoms with Gasteiger partial charge in [-0.25, -0.2) is 0 Å². The van der Waals surface area contributed by atoms with Crippen LogP contribution in [0.15, 0.2) is 54.6 Å². The molecule has 0 amide bonds. The van der Waals surface area contributed by atoms with Crippen LogP contribution in [0.2, 0.25) is 5.02 Å². The molecule has 0 radical (unpaired) electrons. The molecule has 25 heavy (non-hydrogen) atoms. The van der Waals surface area contributed by atoms with Gasteiger partial charge in [0.15, 0.2) is 0 Å². The van der Waals surface area contributed by atoms with E-state index in [1.165, 1.54) is 44.5 Å². The molecule has 0 fully saturated rings. The van der Waals surface area contributed by atoms with Gasteiger partial charge in [0.2, 0.25) is 0 Å². The second-order valence-corrected chi connectivity index (χ2v) is 8.87. The Labute approximate surface area is 154 Å². The van der Waals surface area contributed by atoms with E-state index < -0.39 is 0 Å². The highest BCUT2D eigenvalue weighted by Crippen LogP contribution is 2.56. The average Bonchev–Trinajstić information content (AvgIpc) is 2.94. The van der Waals surface area contributed by atoms with Crippen molar-refractivity contribution in [2.24, 2.45) is 0 Å². The molecule has 0 N–H and O–H groups in total. The fourth-order valence-electron chi connectivity index (χ4n) is 4.92. The van der Waals surface area contributed by atoms with Gasteiger partial charge in [0, 0.05) is 15.9 Å². The summed E-state index contributed by atoms with van der Waals surface area (Å²) in [5, 5.41) is 0.811. The lowest BCUT2D eigenvalue weighted by Gasteiger charge is -2.24.